The highest BCUT2D eigenvalue weighted by Crippen LogP contribution is 2.06. The Labute approximate surface area is 89.8 Å². The lowest BCUT2D eigenvalue weighted by Gasteiger charge is -2.04. The monoisotopic (exact) mass is 258 g/mol. The van der Waals surface area contributed by atoms with Crippen molar-refractivity contribution in [1.29, 1.82) is 0 Å². The molecule has 0 bridgehead atoms. The van der Waals surface area contributed by atoms with Crippen molar-refractivity contribution in [3.05, 3.63) is 0 Å². The van der Waals surface area contributed by atoms with Crippen LogP contribution in [0.5, 0.6) is 0 Å². The van der Waals surface area contributed by atoms with Crippen molar-refractivity contribution in [2.75, 3.05) is 24.7 Å². The zero-order chi connectivity index (χ0) is 11.4. The third-order valence-corrected chi connectivity index (χ3v) is 4.62. The van der Waals surface area contributed by atoms with E-state index in [1.165, 1.54) is 0 Å². The normalized spacial score (nSPS) is 27.7. The molecule has 0 aromatic carbocycles. The largest absolute Gasteiger partial charge is 0.270 e. The topological polar surface area (TPSA) is 86.7 Å². The van der Waals surface area contributed by atoms with Crippen molar-refractivity contribution >= 4 is 20.2 Å². The first-order valence-electron chi connectivity index (χ1n) is 4.65. The fourth-order valence-corrected chi connectivity index (χ4v) is 3.69. The van der Waals surface area contributed by atoms with Crippen LogP contribution in [-0.4, -0.2) is 41.6 Å². The minimum Gasteiger partial charge on any atom is -0.270 e. The van der Waals surface area contributed by atoms with E-state index in [2.05, 4.69) is 8.37 Å². The van der Waals surface area contributed by atoms with E-state index in [9.17, 15) is 16.8 Å². The zero-order valence-corrected chi connectivity index (χ0v) is 9.85. The molecular weight excluding hydrogens is 244 g/mol. The Kier molecular flexibility index (Phi) is 4.50. The molecule has 0 aromatic rings. The second-order valence-corrected chi connectivity index (χ2v) is 6.75. The Morgan fingerprint density at radius 1 is 0.667 bits per heavy atom. The molecule has 1 rings (SSSR count). The van der Waals surface area contributed by atoms with Crippen LogP contribution < -0.4 is 0 Å². The van der Waals surface area contributed by atoms with Crippen molar-refractivity contribution in [2.24, 2.45) is 0 Å². The van der Waals surface area contributed by atoms with Gasteiger partial charge in [0.2, 0.25) is 0 Å². The van der Waals surface area contributed by atoms with Gasteiger partial charge in [-0.25, -0.2) is 0 Å². The molecule has 1 fully saturated rings. The summed E-state index contributed by atoms with van der Waals surface area (Å²) in [6.45, 7) is 0.227. The maximum absolute atomic E-state index is 11.1. The van der Waals surface area contributed by atoms with Crippen LogP contribution in [0.3, 0.4) is 0 Å². The second-order valence-electron chi connectivity index (χ2n) is 3.23. The molecule has 1 aliphatic rings. The highest BCUT2D eigenvalue weighted by molar-refractivity contribution is 7.90. The van der Waals surface area contributed by atoms with Crippen LogP contribution in [-0.2, 0) is 28.6 Å². The van der Waals surface area contributed by atoms with Gasteiger partial charge in [-0.1, -0.05) is 0 Å². The lowest BCUT2D eigenvalue weighted by Crippen LogP contribution is -2.20. The van der Waals surface area contributed by atoms with Gasteiger partial charge < -0.3 is 0 Å². The zero-order valence-electron chi connectivity index (χ0n) is 8.22. The molecule has 8 heteroatoms. The summed E-state index contributed by atoms with van der Waals surface area (Å²) in [5, 5.41) is 0. The van der Waals surface area contributed by atoms with Crippen LogP contribution in [0.25, 0.3) is 0 Å². The third kappa shape index (κ3) is 5.45. The SMILES string of the molecule is O=S1(=O)CCS(=O)(=O)OCCCCCO1. The molecule has 1 heterocycles. The number of hydrogen-bond donors (Lipinski definition) is 0. The summed E-state index contributed by atoms with van der Waals surface area (Å²) >= 11 is 0. The van der Waals surface area contributed by atoms with Gasteiger partial charge in [-0.2, -0.15) is 16.8 Å². The molecule has 15 heavy (non-hydrogen) atoms. The molecule has 0 aliphatic carbocycles. The Morgan fingerprint density at radius 2 is 1.07 bits per heavy atom. The van der Waals surface area contributed by atoms with Gasteiger partial charge in [0.05, 0.1) is 24.7 Å². The predicted octanol–water partition coefficient (Wildman–Crippen LogP) is -0.137. The van der Waals surface area contributed by atoms with E-state index in [-0.39, 0.29) is 13.2 Å². The molecule has 0 atom stereocenters. The summed E-state index contributed by atoms with van der Waals surface area (Å²) in [5.41, 5.74) is 0. The summed E-state index contributed by atoms with van der Waals surface area (Å²) in [4.78, 5) is 0. The Balaban J connectivity index is 2.67. The van der Waals surface area contributed by atoms with Crippen molar-refractivity contribution in [3.8, 4) is 0 Å². The maximum atomic E-state index is 11.1. The van der Waals surface area contributed by atoms with Gasteiger partial charge >= 0.3 is 0 Å². The van der Waals surface area contributed by atoms with Gasteiger partial charge in [0.15, 0.2) is 0 Å². The Hall–Kier alpha value is -0.180. The predicted molar refractivity (Wildman–Crippen MR) is 53.3 cm³/mol. The summed E-state index contributed by atoms with van der Waals surface area (Å²) < 4.78 is 53.8. The fraction of sp³-hybridized carbons (Fsp3) is 1.00. The van der Waals surface area contributed by atoms with Gasteiger partial charge in [0, 0.05) is 0 Å². The van der Waals surface area contributed by atoms with Crippen LogP contribution in [0.2, 0.25) is 0 Å². The van der Waals surface area contributed by atoms with Gasteiger partial charge in [-0.3, -0.25) is 8.37 Å². The van der Waals surface area contributed by atoms with E-state index < -0.39 is 31.7 Å². The third-order valence-electron chi connectivity index (χ3n) is 1.90. The summed E-state index contributed by atoms with van der Waals surface area (Å²) in [5.74, 6) is -1.09. The second kappa shape index (κ2) is 5.24. The quantitative estimate of drug-likeness (QED) is 0.562. The standard InChI is InChI=1S/C7H14O6S2/c8-14(9)6-7-15(10,11)13-5-3-1-2-4-12-14/h1-7H2. The molecule has 0 unspecified atom stereocenters. The molecule has 0 amide bonds. The highest BCUT2D eigenvalue weighted by atomic mass is 32.2. The number of rotatable bonds is 0. The van der Waals surface area contributed by atoms with Crippen LogP contribution in [0.1, 0.15) is 19.3 Å². The van der Waals surface area contributed by atoms with Gasteiger partial charge in [-0.15, -0.1) is 0 Å². The molecule has 1 aliphatic heterocycles. The van der Waals surface area contributed by atoms with Crippen molar-refractivity contribution in [2.45, 2.75) is 19.3 Å². The first kappa shape index (κ1) is 12.9. The number of hydrogen-bond acceptors (Lipinski definition) is 6. The molecular formula is C7H14O6S2. The van der Waals surface area contributed by atoms with E-state index in [0.29, 0.717) is 19.3 Å². The lowest BCUT2D eigenvalue weighted by atomic mass is 10.2. The highest BCUT2D eigenvalue weighted by Gasteiger charge is 2.19. The minimum atomic E-state index is -3.73. The van der Waals surface area contributed by atoms with E-state index in [4.69, 9.17) is 0 Å². The molecule has 0 spiro atoms. The van der Waals surface area contributed by atoms with Gasteiger partial charge in [-0.05, 0) is 19.3 Å². The molecule has 6 nitrogen and oxygen atoms in total. The van der Waals surface area contributed by atoms with Crippen molar-refractivity contribution in [3.63, 3.8) is 0 Å². The molecule has 90 valence electrons. The van der Waals surface area contributed by atoms with Crippen molar-refractivity contribution in [1.82, 2.24) is 0 Å². The summed E-state index contributed by atoms with van der Waals surface area (Å²) in [6.07, 6.45) is 1.86. The molecule has 0 aromatic heterocycles. The van der Waals surface area contributed by atoms with E-state index >= 15 is 0 Å². The van der Waals surface area contributed by atoms with Crippen LogP contribution in [0, 0.1) is 0 Å². The van der Waals surface area contributed by atoms with Crippen LogP contribution in [0.15, 0.2) is 0 Å². The van der Waals surface area contributed by atoms with Crippen LogP contribution >= 0.6 is 0 Å². The Bertz CT molecular complexity index is 344. The summed E-state index contributed by atoms with van der Waals surface area (Å²) in [6, 6.07) is 0. The van der Waals surface area contributed by atoms with E-state index in [1.807, 2.05) is 0 Å². The average Bonchev–Trinajstić information content (AvgIpc) is 2.15. The van der Waals surface area contributed by atoms with Crippen molar-refractivity contribution < 1.29 is 25.2 Å². The molecule has 1 saturated heterocycles. The lowest BCUT2D eigenvalue weighted by molar-refractivity contribution is 0.289. The molecule has 0 saturated carbocycles. The summed E-state index contributed by atoms with van der Waals surface area (Å²) in [7, 11) is -7.46. The smallest absolute Gasteiger partial charge is 0.268 e. The first-order chi connectivity index (χ1) is 6.91. The fourth-order valence-electron chi connectivity index (χ4n) is 1.07. The Morgan fingerprint density at radius 3 is 1.47 bits per heavy atom. The first-order valence-corrected chi connectivity index (χ1v) is 7.81. The van der Waals surface area contributed by atoms with E-state index in [0.717, 1.165) is 0 Å². The minimum absolute atomic E-state index is 0.113. The van der Waals surface area contributed by atoms with Gasteiger partial charge in [0.1, 0.15) is 0 Å². The molecule has 0 radical (unpaired) electrons. The maximum Gasteiger partial charge on any atom is 0.268 e. The average molecular weight is 258 g/mol. The van der Waals surface area contributed by atoms with E-state index in [1.54, 1.807) is 0 Å². The van der Waals surface area contributed by atoms with Gasteiger partial charge in [0.25, 0.3) is 20.2 Å². The molecule has 0 N–H and O–H groups in total. The van der Waals surface area contributed by atoms with Crippen LogP contribution in [0.4, 0.5) is 0 Å².